The number of rotatable bonds is 7. The lowest BCUT2D eigenvalue weighted by molar-refractivity contribution is 0.626. The van der Waals surface area contributed by atoms with Gasteiger partial charge >= 0.3 is 0 Å². The number of nitrogens with zero attached hydrogens (tertiary/aromatic N) is 2. The predicted octanol–water partition coefficient (Wildman–Crippen LogP) is 4.33. The van der Waals surface area contributed by atoms with Gasteiger partial charge in [0.05, 0.1) is 0 Å². The van der Waals surface area contributed by atoms with Gasteiger partial charge in [0.15, 0.2) is 0 Å². The van der Waals surface area contributed by atoms with Crippen molar-refractivity contribution in [2.75, 3.05) is 17.2 Å². The van der Waals surface area contributed by atoms with Crippen LogP contribution in [0.2, 0.25) is 0 Å². The highest BCUT2D eigenvalue weighted by molar-refractivity contribution is 5.42. The minimum atomic E-state index is -0.251. The number of aryl methyl sites for hydroxylation is 1. The Morgan fingerprint density at radius 1 is 0.808 bits per heavy atom. The first-order valence-electron chi connectivity index (χ1n) is 8.41. The number of anilines is 2. The molecule has 1 aromatic heterocycles. The largest absolute Gasteiger partial charge is 0.366 e. The number of hydrogen-bond donors (Lipinski definition) is 2. The van der Waals surface area contributed by atoms with E-state index in [1.807, 2.05) is 13.0 Å². The van der Waals surface area contributed by atoms with Crippen molar-refractivity contribution in [2.45, 2.75) is 19.9 Å². The normalized spacial score (nSPS) is 10.6. The van der Waals surface area contributed by atoms with E-state index in [1.54, 1.807) is 24.3 Å². The highest BCUT2D eigenvalue weighted by Crippen LogP contribution is 2.12. The van der Waals surface area contributed by atoms with Gasteiger partial charge in [-0.25, -0.2) is 13.8 Å². The summed E-state index contributed by atoms with van der Waals surface area (Å²) in [6.45, 7) is 3.09. The SMILES string of the molecule is Cc1cc(NCc2ccc(F)cc2)nc(NCCc2ccc(F)cc2)n1. The molecule has 3 rings (SSSR count). The van der Waals surface area contributed by atoms with Crippen LogP contribution in [0.25, 0.3) is 0 Å². The minimum absolute atomic E-state index is 0.236. The summed E-state index contributed by atoms with van der Waals surface area (Å²) in [7, 11) is 0. The molecule has 0 aliphatic rings. The monoisotopic (exact) mass is 354 g/mol. The topological polar surface area (TPSA) is 49.8 Å². The van der Waals surface area contributed by atoms with Crippen molar-refractivity contribution in [3.63, 3.8) is 0 Å². The molecule has 6 heteroatoms. The van der Waals surface area contributed by atoms with Crippen LogP contribution in [-0.2, 0) is 13.0 Å². The fourth-order valence-electron chi connectivity index (χ4n) is 2.50. The van der Waals surface area contributed by atoms with E-state index in [2.05, 4.69) is 20.6 Å². The number of halogens is 2. The minimum Gasteiger partial charge on any atom is -0.366 e. The lowest BCUT2D eigenvalue weighted by atomic mass is 10.1. The lowest BCUT2D eigenvalue weighted by Crippen LogP contribution is -2.10. The number of benzene rings is 2. The third-order valence-electron chi connectivity index (χ3n) is 3.85. The van der Waals surface area contributed by atoms with Crippen LogP contribution in [0, 0.1) is 18.6 Å². The standard InChI is InChI=1S/C20H20F2N4/c1-14-12-19(24-13-16-4-8-18(22)9-5-16)26-20(25-14)23-11-10-15-2-6-17(21)7-3-15/h2-9,12H,10-11,13H2,1H3,(H2,23,24,25,26). The molecule has 0 aliphatic carbocycles. The Morgan fingerprint density at radius 2 is 1.42 bits per heavy atom. The predicted molar refractivity (Wildman–Crippen MR) is 99.1 cm³/mol. The van der Waals surface area contributed by atoms with E-state index in [0.717, 1.165) is 23.2 Å². The molecule has 1 heterocycles. The lowest BCUT2D eigenvalue weighted by Gasteiger charge is -2.10. The Labute approximate surface area is 151 Å². The molecule has 3 aromatic rings. The molecule has 26 heavy (non-hydrogen) atoms. The van der Waals surface area contributed by atoms with Gasteiger partial charge in [-0.3, -0.25) is 0 Å². The van der Waals surface area contributed by atoms with Crippen molar-refractivity contribution in [1.29, 1.82) is 0 Å². The van der Waals surface area contributed by atoms with E-state index in [1.165, 1.54) is 24.3 Å². The zero-order valence-corrected chi connectivity index (χ0v) is 14.5. The van der Waals surface area contributed by atoms with Gasteiger partial charge in [-0.15, -0.1) is 0 Å². The molecule has 0 saturated heterocycles. The van der Waals surface area contributed by atoms with Gasteiger partial charge < -0.3 is 10.6 Å². The van der Waals surface area contributed by atoms with Crippen molar-refractivity contribution in [1.82, 2.24) is 9.97 Å². The molecule has 134 valence electrons. The van der Waals surface area contributed by atoms with Crippen molar-refractivity contribution in [3.05, 3.63) is 83.1 Å². The average molecular weight is 354 g/mol. The molecular weight excluding hydrogens is 334 g/mol. The van der Waals surface area contributed by atoms with Gasteiger partial charge in [0.2, 0.25) is 5.95 Å². The Bertz CT molecular complexity index is 849. The molecule has 0 fully saturated rings. The summed E-state index contributed by atoms with van der Waals surface area (Å²) in [5.41, 5.74) is 2.85. The second-order valence-electron chi connectivity index (χ2n) is 6.00. The zero-order valence-electron chi connectivity index (χ0n) is 14.5. The van der Waals surface area contributed by atoms with E-state index in [0.29, 0.717) is 24.9 Å². The second kappa shape index (κ2) is 8.38. The van der Waals surface area contributed by atoms with Crippen LogP contribution in [-0.4, -0.2) is 16.5 Å². The van der Waals surface area contributed by atoms with Crippen LogP contribution in [0.3, 0.4) is 0 Å². The summed E-state index contributed by atoms with van der Waals surface area (Å²) < 4.78 is 25.9. The summed E-state index contributed by atoms with van der Waals surface area (Å²) in [4.78, 5) is 8.82. The van der Waals surface area contributed by atoms with E-state index >= 15 is 0 Å². The molecule has 0 saturated carbocycles. The molecule has 0 unspecified atom stereocenters. The Balaban J connectivity index is 1.56. The molecule has 0 aliphatic heterocycles. The zero-order chi connectivity index (χ0) is 18.4. The maximum Gasteiger partial charge on any atom is 0.224 e. The molecule has 0 atom stereocenters. The first-order valence-corrected chi connectivity index (χ1v) is 8.41. The third kappa shape index (κ3) is 5.24. The summed E-state index contributed by atoms with van der Waals surface area (Å²) in [6.07, 6.45) is 0.746. The summed E-state index contributed by atoms with van der Waals surface area (Å²) in [5, 5.41) is 6.41. The summed E-state index contributed by atoms with van der Waals surface area (Å²) >= 11 is 0. The molecule has 2 aromatic carbocycles. The van der Waals surface area contributed by atoms with Crippen LogP contribution in [0.4, 0.5) is 20.5 Å². The van der Waals surface area contributed by atoms with Crippen LogP contribution in [0.1, 0.15) is 16.8 Å². The van der Waals surface area contributed by atoms with E-state index in [-0.39, 0.29) is 11.6 Å². The van der Waals surface area contributed by atoms with E-state index < -0.39 is 0 Å². The van der Waals surface area contributed by atoms with Gasteiger partial charge in [-0.2, -0.15) is 4.98 Å². The average Bonchev–Trinajstić information content (AvgIpc) is 2.63. The molecule has 0 radical (unpaired) electrons. The molecule has 0 spiro atoms. The molecular formula is C20H20F2N4. The van der Waals surface area contributed by atoms with Crippen molar-refractivity contribution >= 4 is 11.8 Å². The molecule has 4 nitrogen and oxygen atoms in total. The molecule has 0 bridgehead atoms. The van der Waals surface area contributed by atoms with Gasteiger partial charge in [0.25, 0.3) is 0 Å². The van der Waals surface area contributed by atoms with Gasteiger partial charge in [0, 0.05) is 24.8 Å². The summed E-state index contributed by atoms with van der Waals surface area (Å²) in [5.74, 6) is 0.750. The highest BCUT2D eigenvalue weighted by Gasteiger charge is 2.03. The van der Waals surface area contributed by atoms with Crippen molar-refractivity contribution in [2.24, 2.45) is 0 Å². The third-order valence-corrected chi connectivity index (χ3v) is 3.85. The first-order chi connectivity index (χ1) is 12.6. The van der Waals surface area contributed by atoms with Crippen LogP contribution in [0.5, 0.6) is 0 Å². The smallest absolute Gasteiger partial charge is 0.224 e. The van der Waals surface area contributed by atoms with E-state index in [9.17, 15) is 8.78 Å². The Kier molecular flexibility index (Phi) is 5.73. The van der Waals surface area contributed by atoms with E-state index in [4.69, 9.17) is 0 Å². The Morgan fingerprint density at radius 3 is 2.08 bits per heavy atom. The fourth-order valence-corrected chi connectivity index (χ4v) is 2.50. The highest BCUT2D eigenvalue weighted by atomic mass is 19.1. The van der Waals surface area contributed by atoms with Gasteiger partial charge in [-0.05, 0) is 48.7 Å². The fraction of sp³-hybridized carbons (Fsp3) is 0.200. The molecule has 0 amide bonds. The maximum atomic E-state index is 12.9. The van der Waals surface area contributed by atoms with Crippen LogP contribution >= 0.6 is 0 Å². The van der Waals surface area contributed by atoms with Gasteiger partial charge in [-0.1, -0.05) is 24.3 Å². The van der Waals surface area contributed by atoms with Crippen molar-refractivity contribution < 1.29 is 8.78 Å². The summed E-state index contributed by atoms with van der Waals surface area (Å²) in [6, 6.07) is 14.6. The Hall–Kier alpha value is -3.02. The van der Waals surface area contributed by atoms with Crippen LogP contribution in [0.15, 0.2) is 54.6 Å². The number of nitrogens with one attached hydrogen (secondary N) is 2. The quantitative estimate of drug-likeness (QED) is 0.663. The number of hydrogen-bond acceptors (Lipinski definition) is 4. The van der Waals surface area contributed by atoms with Crippen molar-refractivity contribution in [3.8, 4) is 0 Å². The maximum absolute atomic E-state index is 12.9. The first kappa shape index (κ1) is 17.8. The van der Waals surface area contributed by atoms with Gasteiger partial charge in [0.1, 0.15) is 17.5 Å². The second-order valence-corrected chi connectivity index (χ2v) is 6.00. The number of aromatic nitrogens is 2. The van der Waals surface area contributed by atoms with Crippen LogP contribution < -0.4 is 10.6 Å². The molecule has 2 N–H and O–H groups in total.